The molecule has 22 heavy (non-hydrogen) atoms. The molecule has 0 unspecified atom stereocenters. The topological polar surface area (TPSA) is 54.9 Å². The van der Waals surface area contributed by atoms with Crippen LogP contribution in [0, 0.1) is 0 Å². The molecule has 1 aliphatic heterocycles. The second-order valence-corrected chi connectivity index (χ2v) is 6.00. The molecule has 0 bridgehead atoms. The van der Waals surface area contributed by atoms with Gasteiger partial charge < -0.3 is 20.1 Å². The summed E-state index contributed by atoms with van der Waals surface area (Å²) in [6, 6.07) is 5.96. The molecule has 0 spiro atoms. The zero-order chi connectivity index (χ0) is 15.6. The van der Waals surface area contributed by atoms with E-state index in [9.17, 15) is 0 Å². The van der Waals surface area contributed by atoms with Crippen LogP contribution >= 0.6 is 11.8 Å². The molecule has 1 aromatic rings. The third-order valence-corrected chi connectivity index (χ3v) is 3.97. The van der Waals surface area contributed by atoms with Crippen LogP contribution in [-0.4, -0.2) is 37.9 Å². The molecule has 0 saturated heterocycles. The van der Waals surface area contributed by atoms with Crippen LogP contribution in [0.15, 0.2) is 23.2 Å². The molecular weight excluding hydrogens is 298 g/mol. The number of hydrogen-bond donors (Lipinski definition) is 2. The van der Waals surface area contributed by atoms with Gasteiger partial charge in [0.05, 0.1) is 6.54 Å². The van der Waals surface area contributed by atoms with E-state index in [1.165, 1.54) is 12.2 Å². The summed E-state index contributed by atoms with van der Waals surface area (Å²) in [5.74, 6) is 3.70. The highest BCUT2D eigenvalue weighted by atomic mass is 32.2. The van der Waals surface area contributed by atoms with Crippen LogP contribution in [0.5, 0.6) is 11.5 Å². The van der Waals surface area contributed by atoms with Crippen LogP contribution in [0.2, 0.25) is 0 Å². The maximum absolute atomic E-state index is 5.39. The zero-order valence-corrected chi connectivity index (χ0v) is 14.2. The normalized spacial score (nSPS) is 13.3. The van der Waals surface area contributed by atoms with E-state index in [1.54, 1.807) is 0 Å². The summed E-state index contributed by atoms with van der Waals surface area (Å²) in [6.07, 6.45) is 4.54. The average Bonchev–Trinajstić information content (AvgIpc) is 3.00. The van der Waals surface area contributed by atoms with Crippen LogP contribution < -0.4 is 20.1 Å². The third-order valence-electron chi connectivity index (χ3n) is 3.27. The van der Waals surface area contributed by atoms with Gasteiger partial charge in [0, 0.05) is 13.1 Å². The molecular formula is C16H25N3O2S. The molecule has 1 heterocycles. The van der Waals surface area contributed by atoms with E-state index in [4.69, 9.17) is 9.47 Å². The van der Waals surface area contributed by atoms with Gasteiger partial charge in [0.1, 0.15) is 0 Å². The Morgan fingerprint density at radius 3 is 2.91 bits per heavy atom. The number of nitrogens with zero attached hydrogens (tertiary/aromatic N) is 1. The van der Waals surface area contributed by atoms with E-state index < -0.39 is 0 Å². The van der Waals surface area contributed by atoms with E-state index >= 15 is 0 Å². The molecule has 6 heteroatoms. The number of rotatable bonds is 8. The first-order valence-electron chi connectivity index (χ1n) is 7.73. The zero-order valence-electron chi connectivity index (χ0n) is 13.4. The minimum absolute atomic E-state index is 0.308. The first-order valence-corrected chi connectivity index (χ1v) is 9.12. The summed E-state index contributed by atoms with van der Waals surface area (Å²) in [7, 11) is 0. The highest BCUT2D eigenvalue weighted by molar-refractivity contribution is 7.98. The first-order chi connectivity index (χ1) is 10.8. The number of benzene rings is 1. The fourth-order valence-corrected chi connectivity index (χ4v) is 2.62. The number of fused-ring (bicyclic) bond motifs is 1. The fraction of sp³-hybridized carbons (Fsp3) is 0.562. The van der Waals surface area contributed by atoms with Gasteiger partial charge in [0.15, 0.2) is 17.5 Å². The smallest absolute Gasteiger partial charge is 0.231 e. The van der Waals surface area contributed by atoms with Crippen molar-refractivity contribution in [2.75, 3.05) is 31.9 Å². The SMILES string of the molecule is CCNC(=NCc1ccc2c(c1)OCO2)NCCCCSC. The summed E-state index contributed by atoms with van der Waals surface area (Å²) in [5, 5.41) is 6.65. The molecule has 0 radical (unpaired) electrons. The Balaban J connectivity index is 1.83. The molecule has 0 amide bonds. The van der Waals surface area contributed by atoms with Crippen LogP contribution in [0.1, 0.15) is 25.3 Å². The lowest BCUT2D eigenvalue weighted by atomic mass is 10.2. The summed E-state index contributed by atoms with van der Waals surface area (Å²) >= 11 is 1.89. The predicted molar refractivity (Wildman–Crippen MR) is 93.0 cm³/mol. The van der Waals surface area contributed by atoms with Gasteiger partial charge in [-0.3, -0.25) is 0 Å². The van der Waals surface area contributed by atoms with Crippen LogP contribution in [0.25, 0.3) is 0 Å². The number of ether oxygens (including phenoxy) is 2. The van der Waals surface area contributed by atoms with Crippen molar-refractivity contribution in [3.05, 3.63) is 23.8 Å². The van der Waals surface area contributed by atoms with Gasteiger partial charge in [0.25, 0.3) is 0 Å². The Kier molecular flexibility index (Phi) is 7.22. The highest BCUT2D eigenvalue weighted by Gasteiger charge is 2.12. The molecule has 2 rings (SSSR count). The highest BCUT2D eigenvalue weighted by Crippen LogP contribution is 2.32. The number of nitrogens with one attached hydrogen (secondary N) is 2. The van der Waals surface area contributed by atoms with E-state index in [1.807, 2.05) is 30.0 Å². The summed E-state index contributed by atoms with van der Waals surface area (Å²) in [6.45, 7) is 4.82. The van der Waals surface area contributed by atoms with Gasteiger partial charge in [-0.25, -0.2) is 4.99 Å². The number of unbranched alkanes of at least 4 members (excludes halogenated alkanes) is 1. The van der Waals surface area contributed by atoms with Crippen LogP contribution in [0.3, 0.4) is 0 Å². The van der Waals surface area contributed by atoms with Crippen LogP contribution in [-0.2, 0) is 6.54 Å². The number of aliphatic imine (C=N–C) groups is 1. The number of hydrogen-bond acceptors (Lipinski definition) is 4. The Bertz CT molecular complexity index is 494. The molecule has 0 aliphatic carbocycles. The second-order valence-electron chi connectivity index (χ2n) is 5.01. The maximum atomic E-state index is 5.39. The minimum atomic E-state index is 0.308. The number of thioether (sulfide) groups is 1. The summed E-state index contributed by atoms with van der Waals surface area (Å²) in [5.41, 5.74) is 1.11. The van der Waals surface area contributed by atoms with Crippen molar-refractivity contribution in [2.45, 2.75) is 26.3 Å². The largest absolute Gasteiger partial charge is 0.454 e. The van der Waals surface area contributed by atoms with E-state index in [-0.39, 0.29) is 0 Å². The Morgan fingerprint density at radius 1 is 1.23 bits per heavy atom. The van der Waals surface area contributed by atoms with Crippen molar-refractivity contribution in [1.82, 2.24) is 10.6 Å². The fourth-order valence-electron chi connectivity index (χ4n) is 2.13. The molecule has 0 saturated carbocycles. The van der Waals surface area contributed by atoms with Crippen LogP contribution in [0.4, 0.5) is 0 Å². The lowest BCUT2D eigenvalue weighted by Gasteiger charge is -2.11. The van der Waals surface area contributed by atoms with Crippen molar-refractivity contribution in [3.63, 3.8) is 0 Å². The number of guanidine groups is 1. The molecule has 0 aromatic heterocycles. The van der Waals surface area contributed by atoms with Crippen molar-refractivity contribution >= 4 is 17.7 Å². The van der Waals surface area contributed by atoms with E-state index in [0.29, 0.717) is 13.3 Å². The van der Waals surface area contributed by atoms with Gasteiger partial charge in [-0.2, -0.15) is 11.8 Å². The molecule has 2 N–H and O–H groups in total. The third kappa shape index (κ3) is 5.33. The molecule has 5 nitrogen and oxygen atoms in total. The van der Waals surface area contributed by atoms with Gasteiger partial charge in [-0.05, 0) is 49.5 Å². The Labute approximate surface area is 136 Å². The standard InChI is InChI=1S/C16H25N3O2S/c1-3-17-16(18-8-4-5-9-22-2)19-11-13-6-7-14-15(10-13)21-12-20-14/h6-7,10H,3-5,8-9,11-12H2,1-2H3,(H2,17,18,19). The minimum Gasteiger partial charge on any atom is -0.454 e. The lowest BCUT2D eigenvalue weighted by molar-refractivity contribution is 0.174. The van der Waals surface area contributed by atoms with E-state index in [2.05, 4.69) is 28.8 Å². The van der Waals surface area contributed by atoms with E-state index in [0.717, 1.165) is 42.5 Å². The second kappa shape index (κ2) is 9.46. The van der Waals surface area contributed by atoms with Gasteiger partial charge >= 0.3 is 0 Å². The Hall–Kier alpha value is -1.56. The van der Waals surface area contributed by atoms with Crippen molar-refractivity contribution in [2.24, 2.45) is 4.99 Å². The molecule has 0 atom stereocenters. The van der Waals surface area contributed by atoms with Crippen molar-refractivity contribution in [1.29, 1.82) is 0 Å². The van der Waals surface area contributed by atoms with Crippen molar-refractivity contribution in [3.8, 4) is 11.5 Å². The summed E-state index contributed by atoms with van der Waals surface area (Å²) < 4.78 is 10.7. The predicted octanol–water partition coefficient (Wildman–Crippen LogP) is 2.61. The van der Waals surface area contributed by atoms with Gasteiger partial charge in [-0.15, -0.1) is 0 Å². The molecule has 0 fully saturated rings. The molecule has 122 valence electrons. The lowest BCUT2D eigenvalue weighted by Crippen LogP contribution is -2.37. The average molecular weight is 323 g/mol. The molecule has 1 aromatic carbocycles. The van der Waals surface area contributed by atoms with Gasteiger partial charge in [-0.1, -0.05) is 6.07 Å². The first kappa shape index (κ1) is 16.8. The van der Waals surface area contributed by atoms with Gasteiger partial charge in [0.2, 0.25) is 6.79 Å². The molecule has 1 aliphatic rings. The van der Waals surface area contributed by atoms with Crippen molar-refractivity contribution < 1.29 is 9.47 Å². The quantitative estimate of drug-likeness (QED) is 0.437. The summed E-state index contributed by atoms with van der Waals surface area (Å²) in [4.78, 5) is 4.62. The maximum Gasteiger partial charge on any atom is 0.231 e. The monoisotopic (exact) mass is 323 g/mol. The Morgan fingerprint density at radius 2 is 2.09 bits per heavy atom.